The van der Waals surface area contributed by atoms with Crippen LogP contribution in [0.4, 0.5) is 0 Å². The SMILES string of the molecule is COc1cc(/C=N/NC(=O)C2CC2)ccc1OS(=O)(=O)c1cc(C)ccc1C. The molecule has 0 aromatic heterocycles. The monoisotopic (exact) mass is 402 g/mol. The van der Waals surface area contributed by atoms with Crippen molar-refractivity contribution in [3.05, 3.63) is 53.1 Å². The Balaban J connectivity index is 1.79. The maximum atomic E-state index is 12.7. The van der Waals surface area contributed by atoms with E-state index in [0.29, 0.717) is 11.1 Å². The number of methoxy groups -OCH3 is 1. The summed E-state index contributed by atoms with van der Waals surface area (Å²) in [4.78, 5) is 11.7. The quantitative estimate of drug-likeness (QED) is 0.437. The van der Waals surface area contributed by atoms with Gasteiger partial charge in [-0.15, -0.1) is 0 Å². The molecule has 1 aliphatic carbocycles. The molecule has 8 heteroatoms. The van der Waals surface area contributed by atoms with Crippen LogP contribution in [0, 0.1) is 19.8 Å². The first-order valence-electron chi connectivity index (χ1n) is 8.83. The van der Waals surface area contributed by atoms with Crippen molar-refractivity contribution < 1.29 is 22.1 Å². The molecule has 1 fully saturated rings. The second-order valence-corrected chi connectivity index (χ2v) is 8.24. The molecule has 0 heterocycles. The molecule has 0 atom stereocenters. The fourth-order valence-electron chi connectivity index (χ4n) is 2.58. The Labute approximate surface area is 164 Å². The van der Waals surface area contributed by atoms with Crippen molar-refractivity contribution >= 4 is 22.2 Å². The van der Waals surface area contributed by atoms with E-state index in [1.165, 1.54) is 19.4 Å². The Hall–Kier alpha value is -2.87. The molecule has 0 unspecified atom stereocenters. The van der Waals surface area contributed by atoms with E-state index in [0.717, 1.165) is 18.4 Å². The highest BCUT2D eigenvalue weighted by atomic mass is 32.2. The zero-order valence-electron chi connectivity index (χ0n) is 15.9. The number of rotatable bonds is 7. The molecular formula is C20H22N2O5S. The molecule has 0 saturated heterocycles. The summed E-state index contributed by atoms with van der Waals surface area (Å²) in [5.41, 5.74) is 4.52. The van der Waals surface area contributed by atoms with Gasteiger partial charge in [-0.2, -0.15) is 13.5 Å². The van der Waals surface area contributed by atoms with Gasteiger partial charge in [0.05, 0.1) is 13.3 Å². The average molecular weight is 402 g/mol. The van der Waals surface area contributed by atoms with E-state index in [2.05, 4.69) is 10.5 Å². The molecule has 0 bridgehead atoms. The van der Waals surface area contributed by atoms with Gasteiger partial charge in [-0.1, -0.05) is 12.1 Å². The van der Waals surface area contributed by atoms with Gasteiger partial charge in [0.2, 0.25) is 5.91 Å². The summed E-state index contributed by atoms with van der Waals surface area (Å²) >= 11 is 0. The van der Waals surface area contributed by atoms with Gasteiger partial charge >= 0.3 is 10.1 Å². The first kappa shape index (κ1) is 19.9. The molecule has 2 aromatic carbocycles. The minimum absolute atomic E-state index is 0.0674. The number of carbonyl (C=O) groups is 1. The number of hydrogen-bond donors (Lipinski definition) is 1. The van der Waals surface area contributed by atoms with Crippen LogP contribution < -0.4 is 14.3 Å². The first-order valence-corrected chi connectivity index (χ1v) is 10.2. The number of hydrazone groups is 1. The van der Waals surface area contributed by atoms with Crippen molar-refractivity contribution in [3.63, 3.8) is 0 Å². The number of nitrogens with zero attached hydrogens (tertiary/aromatic N) is 1. The smallest absolute Gasteiger partial charge is 0.339 e. The molecule has 148 valence electrons. The molecule has 2 aromatic rings. The lowest BCUT2D eigenvalue weighted by molar-refractivity contribution is -0.122. The molecule has 0 aliphatic heterocycles. The highest BCUT2D eigenvalue weighted by Gasteiger charge is 2.29. The fourth-order valence-corrected chi connectivity index (χ4v) is 3.84. The number of nitrogens with one attached hydrogen (secondary N) is 1. The number of carbonyl (C=O) groups excluding carboxylic acids is 1. The van der Waals surface area contributed by atoms with Gasteiger partial charge in [0.1, 0.15) is 4.90 Å². The van der Waals surface area contributed by atoms with Gasteiger partial charge in [-0.25, -0.2) is 5.43 Å². The van der Waals surface area contributed by atoms with Crippen LogP contribution in [0.1, 0.15) is 29.5 Å². The van der Waals surface area contributed by atoms with Crippen LogP contribution in [-0.2, 0) is 14.9 Å². The van der Waals surface area contributed by atoms with E-state index < -0.39 is 10.1 Å². The Morgan fingerprint density at radius 1 is 1.14 bits per heavy atom. The normalized spacial score (nSPS) is 14.1. The van der Waals surface area contributed by atoms with Crippen LogP contribution in [0.5, 0.6) is 11.5 Å². The molecule has 1 N–H and O–H groups in total. The second kappa shape index (κ2) is 8.02. The summed E-state index contributed by atoms with van der Waals surface area (Å²) in [6.07, 6.45) is 3.26. The summed E-state index contributed by atoms with van der Waals surface area (Å²) in [5, 5.41) is 3.91. The van der Waals surface area contributed by atoms with Crippen molar-refractivity contribution in [2.75, 3.05) is 7.11 Å². The third kappa shape index (κ3) is 4.69. The predicted molar refractivity (Wildman–Crippen MR) is 105 cm³/mol. The van der Waals surface area contributed by atoms with E-state index in [4.69, 9.17) is 8.92 Å². The zero-order chi connectivity index (χ0) is 20.3. The van der Waals surface area contributed by atoms with Gasteiger partial charge in [0.15, 0.2) is 11.5 Å². The van der Waals surface area contributed by atoms with Crippen LogP contribution in [0.2, 0.25) is 0 Å². The van der Waals surface area contributed by atoms with Gasteiger partial charge in [-0.3, -0.25) is 4.79 Å². The van der Waals surface area contributed by atoms with E-state index in [-0.39, 0.29) is 28.2 Å². The summed E-state index contributed by atoms with van der Waals surface area (Å²) in [6.45, 7) is 3.53. The largest absolute Gasteiger partial charge is 0.493 e. The van der Waals surface area contributed by atoms with Crippen LogP contribution in [0.15, 0.2) is 46.4 Å². The molecular weight excluding hydrogens is 380 g/mol. The van der Waals surface area contributed by atoms with Crippen molar-refractivity contribution in [3.8, 4) is 11.5 Å². The van der Waals surface area contributed by atoms with E-state index in [9.17, 15) is 13.2 Å². The van der Waals surface area contributed by atoms with Crippen molar-refractivity contribution in [2.24, 2.45) is 11.0 Å². The second-order valence-electron chi connectivity index (χ2n) is 6.73. The number of amides is 1. The van der Waals surface area contributed by atoms with E-state index in [1.54, 1.807) is 31.2 Å². The topological polar surface area (TPSA) is 94.1 Å². The molecule has 3 rings (SSSR count). The standard InChI is InChI=1S/C20H22N2O5S/c1-13-4-5-14(2)19(10-13)28(24,25)27-17-9-6-15(11-18(17)26-3)12-21-22-20(23)16-7-8-16/h4-6,9-12,16H,7-8H2,1-3H3,(H,22,23)/b21-12+. The maximum absolute atomic E-state index is 12.7. The summed E-state index contributed by atoms with van der Waals surface area (Å²) in [6, 6.07) is 9.85. The number of benzene rings is 2. The van der Waals surface area contributed by atoms with Crippen LogP contribution >= 0.6 is 0 Å². The third-order valence-corrected chi connectivity index (χ3v) is 5.71. The number of ether oxygens (including phenoxy) is 1. The maximum Gasteiger partial charge on any atom is 0.339 e. The van der Waals surface area contributed by atoms with Crippen molar-refractivity contribution in [1.29, 1.82) is 0 Å². The zero-order valence-corrected chi connectivity index (χ0v) is 16.7. The van der Waals surface area contributed by atoms with Gasteiger partial charge in [0.25, 0.3) is 0 Å². The Morgan fingerprint density at radius 3 is 2.57 bits per heavy atom. The lowest BCUT2D eigenvalue weighted by atomic mass is 10.2. The highest BCUT2D eigenvalue weighted by molar-refractivity contribution is 7.87. The molecule has 1 amide bonds. The lowest BCUT2D eigenvalue weighted by Gasteiger charge is -2.13. The average Bonchev–Trinajstić information content (AvgIpc) is 3.49. The Morgan fingerprint density at radius 2 is 1.89 bits per heavy atom. The molecule has 0 spiro atoms. The molecule has 1 aliphatic rings. The molecule has 7 nitrogen and oxygen atoms in total. The first-order chi connectivity index (χ1) is 13.3. The third-order valence-electron chi connectivity index (χ3n) is 4.34. The minimum atomic E-state index is -4.01. The Kier molecular flexibility index (Phi) is 5.69. The van der Waals surface area contributed by atoms with Crippen LogP contribution in [0.3, 0.4) is 0 Å². The van der Waals surface area contributed by atoms with Crippen LogP contribution in [0.25, 0.3) is 0 Å². The fraction of sp³-hybridized carbons (Fsp3) is 0.300. The summed E-state index contributed by atoms with van der Waals surface area (Å²) < 4.78 is 36.0. The van der Waals surface area contributed by atoms with Crippen LogP contribution in [-0.4, -0.2) is 27.6 Å². The summed E-state index contributed by atoms with van der Waals surface area (Å²) in [5.74, 6) is 0.287. The number of aryl methyl sites for hydroxylation is 2. The predicted octanol–water partition coefficient (Wildman–Crippen LogP) is 2.94. The van der Waals surface area contributed by atoms with E-state index in [1.807, 2.05) is 13.0 Å². The molecule has 1 saturated carbocycles. The number of hydrogen-bond acceptors (Lipinski definition) is 6. The van der Waals surface area contributed by atoms with Gasteiger partial charge in [0, 0.05) is 5.92 Å². The highest BCUT2D eigenvalue weighted by Crippen LogP contribution is 2.31. The van der Waals surface area contributed by atoms with Crippen molar-refractivity contribution in [2.45, 2.75) is 31.6 Å². The summed E-state index contributed by atoms with van der Waals surface area (Å²) in [7, 11) is -2.59. The Bertz CT molecular complexity index is 1030. The molecule has 0 radical (unpaired) electrons. The lowest BCUT2D eigenvalue weighted by Crippen LogP contribution is -2.18. The van der Waals surface area contributed by atoms with E-state index >= 15 is 0 Å². The minimum Gasteiger partial charge on any atom is -0.493 e. The van der Waals surface area contributed by atoms with Gasteiger partial charge < -0.3 is 8.92 Å². The van der Waals surface area contributed by atoms with Gasteiger partial charge in [-0.05, 0) is 67.6 Å². The molecule has 28 heavy (non-hydrogen) atoms. The van der Waals surface area contributed by atoms with Crippen molar-refractivity contribution in [1.82, 2.24) is 5.43 Å².